The van der Waals surface area contributed by atoms with Gasteiger partial charge in [0.05, 0.1) is 5.56 Å². The second-order valence-corrected chi connectivity index (χ2v) is 4.91. The van der Waals surface area contributed by atoms with Crippen LogP contribution in [0.3, 0.4) is 0 Å². The zero-order chi connectivity index (χ0) is 14.0. The molecule has 1 heterocycles. The molecule has 1 aliphatic heterocycles. The Hall–Kier alpha value is -2.04. The number of amides is 1. The first-order chi connectivity index (χ1) is 9.00. The molecule has 102 valence electrons. The highest BCUT2D eigenvalue weighted by atomic mass is 16.4. The highest BCUT2D eigenvalue weighted by Gasteiger charge is 2.28. The molecule has 1 saturated heterocycles. The summed E-state index contributed by atoms with van der Waals surface area (Å²) in [5.41, 5.74) is 7.46. The summed E-state index contributed by atoms with van der Waals surface area (Å²) in [5, 5.41) is 8.96. The summed E-state index contributed by atoms with van der Waals surface area (Å²) in [6.07, 6.45) is 2.77. The first-order valence-electron chi connectivity index (χ1n) is 6.40. The van der Waals surface area contributed by atoms with E-state index in [2.05, 4.69) is 0 Å². The van der Waals surface area contributed by atoms with E-state index in [9.17, 15) is 9.59 Å². The van der Waals surface area contributed by atoms with Crippen molar-refractivity contribution in [2.24, 2.45) is 5.73 Å². The molecule has 1 aromatic carbocycles. The largest absolute Gasteiger partial charge is 0.478 e. The lowest BCUT2D eigenvalue weighted by Crippen LogP contribution is -2.48. The predicted molar refractivity (Wildman–Crippen MR) is 72.3 cm³/mol. The van der Waals surface area contributed by atoms with Crippen LogP contribution in [0, 0.1) is 6.92 Å². The molecular formula is C14H18N2O3. The lowest BCUT2D eigenvalue weighted by atomic mass is 9.99. The Balaban J connectivity index is 2.34. The number of nitrogens with two attached hydrogens (primary N) is 1. The van der Waals surface area contributed by atoms with Gasteiger partial charge in [-0.3, -0.25) is 4.79 Å². The smallest absolute Gasteiger partial charge is 0.335 e. The molecule has 1 atom stereocenters. The van der Waals surface area contributed by atoms with E-state index in [1.165, 1.54) is 0 Å². The maximum absolute atomic E-state index is 11.5. The standard InChI is InChI=1S/C14H18N2O3/c1-9-8-10(14(18)19)5-6-11(9)16-7-3-2-4-12(16)13(15)17/h5-6,8,12H,2-4,7H2,1H3,(H2,15,17)(H,18,19). The number of hydrogen-bond acceptors (Lipinski definition) is 3. The summed E-state index contributed by atoms with van der Waals surface area (Å²) in [6.45, 7) is 2.63. The van der Waals surface area contributed by atoms with Gasteiger partial charge < -0.3 is 15.7 Å². The zero-order valence-electron chi connectivity index (χ0n) is 10.9. The fourth-order valence-corrected chi connectivity index (χ4v) is 2.63. The summed E-state index contributed by atoms with van der Waals surface area (Å²) in [6, 6.07) is 4.67. The molecule has 1 aromatic rings. The maximum atomic E-state index is 11.5. The van der Waals surface area contributed by atoms with E-state index in [-0.39, 0.29) is 17.5 Å². The molecule has 3 N–H and O–H groups in total. The molecule has 5 heteroatoms. The molecule has 0 aromatic heterocycles. The van der Waals surface area contributed by atoms with Gasteiger partial charge in [-0.25, -0.2) is 4.79 Å². The van der Waals surface area contributed by atoms with Crippen molar-refractivity contribution >= 4 is 17.6 Å². The Kier molecular flexibility index (Phi) is 3.74. The number of carbonyl (C=O) groups excluding carboxylic acids is 1. The first-order valence-corrected chi connectivity index (χ1v) is 6.40. The number of primary amides is 1. The van der Waals surface area contributed by atoms with Gasteiger partial charge >= 0.3 is 5.97 Å². The predicted octanol–water partition coefficient (Wildman–Crippen LogP) is 1.54. The normalized spacial score (nSPS) is 19.2. The van der Waals surface area contributed by atoms with Crippen LogP contribution < -0.4 is 10.6 Å². The summed E-state index contributed by atoms with van der Waals surface area (Å²) < 4.78 is 0. The highest BCUT2D eigenvalue weighted by molar-refractivity contribution is 5.89. The molecule has 19 heavy (non-hydrogen) atoms. The molecule has 2 rings (SSSR count). The molecule has 1 amide bonds. The number of aromatic carboxylic acids is 1. The fourth-order valence-electron chi connectivity index (χ4n) is 2.63. The van der Waals surface area contributed by atoms with Crippen LogP contribution in [0.2, 0.25) is 0 Å². The van der Waals surface area contributed by atoms with Crippen molar-refractivity contribution in [3.8, 4) is 0 Å². The number of anilines is 1. The lowest BCUT2D eigenvalue weighted by molar-refractivity contribution is -0.119. The first kappa shape index (κ1) is 13.4. The third-order valence-corrected chi connectivity index (χ3v) is 3.58. The minimum atomic E-state index is -0.945. The van der Waals surface area contributed by atoms with Crippen LogP contribution in [-0.4, -0.2) is 29.6 Å². The van der Waals surface area contributed by atoms with Crippen LogP contribution in [0.25, 0.3) is 0 Å². The zero-order valence-corrected chi connectivity index (χ0v) is 10.9. The van der Waals surface area contributed by atoms with E-state index in [4.69, 9.17) is 10.8 Å². The molecule has 1 fully saturated rings. The Morgan fingerprint density at radius 1 is 1.37 bits per heavy atom. The van der Waals surface area contributed by atoms with Gasteiger partial charge in [0.25, 0.3) is 0 Å². The molecule has 1 unspecified atom stereocenters. The van der Waals surface area contributed by atoms with Crippen molar-refractivity contribution in [1.29, 1.82) is 0 Å². The van der Waals surface area contributed by atoms with Gasteiger partial charge in [0.15, 0.2) is 0 Å². The molecule has 5 nitrogen and oxygen atoms in total. The summed E-state index contributed by atoms with van der Waals surface area (Å²) >= 11 is 0. The molecule has 0 radical (unpaired) electrons. The van der Waals surface area contributed by atoms with E-state index < -0.39 is 5.97 Å². The van der Waals surface area contributed by atoms with Gasteiger partial charge in [-0.2, -0.15) is 0 Å². The molecular weight excluding hydrogens is 244 g/mol. The lowest BCUT2D eigenvalue weighted by Gasteiger charge is -2.36. The SMILES string of the molecule is Cc1cc(C(=O)O)ccc1N1CCCCC1C(N)=O. The van der Waals surface area contributed by atoms with E-state index in [1.54, 1.807) is 18.2 Å². The Labute approximate surface area is 112 Å². The van der Waals surface area contributed by atoms with Crippen LogP contribution in [-0.2, 0) is 4.79 Å². The summed E-state index contributed by atoms with van der Waals surface area (Å²) in [5.74, 6) is -1.26. The number of benzene rings is 1. The number of piperidine rings is 1. The number of carbonyl (C=O) groups is 2. The molecule has 0 saturated carbocycles. The number of carboxylic acid groups (broad SMARTS) is 1. The topological polar surface area (TPSA) is 83.6 Å². The summed E-state index contributed by atoms with van der Waals surface area (Å²) in [7, 11) is 0. The van der Waals surface area contributed by atoms with Crippen molar-refractivity contribution in [3.63, 3.8) is 0 Å². The number of rotatable bonds is 3. The van der Waals surface area contributed by atoms with Crippen molar-refractivity contribution in [1.82, 2.24) is 0 Å². The van der Waals surface area contributed by atoms with Gasteiger partial charge in [0.2, 0.25) is 5.91 Å². The highest BCUT2D eigenvalue weighted by Crippen LogP contribution is 2.28. The van der Waals surface area contributed by atoms with E-state index in [0.717, 1.165) is 37.1 Å². The van der Waals surface area contributed by atoms with Crippen LogP contribution in [0.15, 0.2) is 18.2 Å². The van der Waals surface area contributed by atoms with Crippen LogP contribution in [0.1, 0.15) is 35.2 Å². The Bertz CT molecular complexity index is 513. The average Bonchev–Trinajstić information content (AvgIpc) is 2.38. The van der Waals surface area contributed by atoms with Crippen LogP contribution in [0.4, 0.5) is 5.69 Å². The number of nitrogens with zero attached hydrogens (tertiary/aromatic N) is 1. The van der Waals surface area contributed by atoms with E-state index in [1.807, 2.05) is 11.8 Å². The Morgan fingerprint density at radius 2 is 2.11 bits per heavy atom. The van der Waals surface area contributed by atoms with Gasteiger partial charge in [-0.15, -0.1) is 0 Å². The van der Waals surface area contributed by atoms with E-state index >= 15 is 0 Å². The Morgan fingerprint density at radius 3 is 2.68 bits per heavy atom. The monoisotopic (exact) mass is 262 g/mol. The molecule has 0 bridgehead atoms. The molecule has 0 aliphatic carbocycles. The third-order valence-electron chi connectivity index (χ3n) is 3.58. The minimum Gasteiger partial charge on any atom is -0.478 e. The van der Waals surface area contributed by atoms with Gasteiger partial charge in [-0.1, -0.05) is 0 Å². The second kappa shape index (κ2) is 5.30. The second-order valence-electron chi connectivity index (χ2n) is 4.91. The van der Waals surface area contributed by atoms with Crippen LogP contribution >= 0.6 is 0 Å². The number of aryl methyl sites for hydroxylation is 1. The van der Waals surface area contributed by atoms with Gasteiger partial charge in [0, 0.05) is 12.2 Å². The molecule has 0 spiro atoms. The molecule has 1 aliphatic rings. The number of hydrogen-bond donors (Lipinski definition) is 2. The minimum absolute atomic E-state index is 0.258. The van der Waals surface area contributed by atoms with Crippen molar-refractivity contribution in [2.45, 2.75) is 32.2 Å². The van der Waals surface area contributed by atoms with Crippen molar-refractivity contribution in [3.05, 3.63) is 29.3 Å². The van der Waals surface area contributed by atoms with Crippen LogP contribution in [0.5, 0.6) is 0 Å². The maximum Gasteiger partial charge on any atom is 0.335 e. The van der Waals surface area contributed by atoms with Gasteiger partial charge in [0.1, 0.15) is 6.04 Å². The fraction of sp³-hybridized carbons (Fsp3) is 0.429. The third kappa shape index (κ3) is 2.70. The van der Waals surface area contributed by atoms with Gasteiger partial charge in [-0.05, 0) is 49.9 Å². The number of carboxylic acids is 1. The quantitative estimate of drug-likeness (QED) is 0.865. The summed E-state index contributed by atoms with van der Waals surface area (Å²) in [4.78, 5) is 24.4. The van der Waals surface area contributed by atoms with Crippen molar-refractivity contribution in [2.75, 3.05) is 11.4 Å². The average molecular weight is 262 g/mol. The van der Waals surface area contributed by atoms with E-state index in [0.29, 0.717) is 0 Å². The van der Waals surface area contributed by atoms with Crippen molar-refractivity contribution < 1.29 is 14.7 Å².